The zero-order valence-electron chi connectivity index (χ0n) is 14.5. The zero-order chi connectivity index (χ0) is 19.1. The van der Waals surface area contributed by atoms with Crippen molar-refractivity contribution in [3.05, 3.63) is 57.6 Å². The number of nitrogens with zero attached hydrogens (tertiary/aromatic N) is 1. The van der Waals surface area contributed by atoms with E-state index < -0.39 is 5.97 Å². The molecule has 2 aromatic rings. The fourth-order valence-corrected chi connectivity index (χ4v) is 2.93. The Balaban J connectivity index is 2.45. The van der Waals surface area contributed by atoms with Crippen LogP contribution in [-0.4, -0.2) is 24.3 Å². The quantitative estimate of drug-likeness (QED) is 0.507. The van der Waals surface area contributed by atoms with Crippen molar-refractivity contribution in [1.82, 2.24) is 0 Å². The Morgan fingerprint density at radius 3 is 2.31 bits per heavy atom. The van der Waals surface area contributed by atoms with Gasteiger partial charge in [-0.25, -0.2) is 4.79 Å². The summed E-state index contributed by atoms with van der Waals surface area (Å²) in [6.07, 6.45) is 1.72. The number of rotatable bonds is 7. The smallest absolute Gasteiger partial charge is 0.335 e. The Kier molecular flexibility index (Phi) is 6.81. The molecule has 0 aromatic heterocycles. The first-order chi connectivity index (χ1) is 12.5. The summed E-state index contributed by atoms with van der Waals surface area (Å²) in [6.45, 7) is 4.77. The molecular weight excluding hydrogens is 398 g/mol. The highest BCUT2D eigenvalue weighted by atomic mass is 79.9. The third kappa shape index (κ3) is 4.64. The van der Waals surface area contributed by atoms with Gasteiger partial charge in [0.05, 0.1) is 34.9 Å². The maximum atomic E-state index is 11.0. The van der Waals surface area contributed by atoms with E-state index in [0.29, 0.717) is 35.8 Å². The molecule has 0 aliphatic heterocycles. The molecule has 26 heavy (non-hydrogen) atoms. The van der Waals surface area contributed by atoms with Crippen molar-refractivity contribution in [2.75, 3.05) is 13.2 Å². The van der Waals surface area contributed by atoms with E-state index in [9.17, 15) is 10.1 Å². The second-order valence-corrected chi connectivity index (χ2v) is 6.10. The van der Waals surface area contributed by atoms with Crippen molar-refractivity contribution in [2.45, 2.75) is 13.8 Å². The molecule has 2 aromatic carbocycles. The number of carboxylic acid groups (broad SMARTS) is 1. The van der Waals surface area contributed by atoms with Gasteiger partial charge in [0.25, 0.3) is 0 Å². The Hall–Kier alpha value is -2.78. The summed E-state index contributed by atoms with van der Waals surface area (Å²) >= 11 is 3.48. The molecule has 0 unspecified atom stereocenters. The van der Waals surface area contributed by atoms with Crippen molar-refractivity contribution in [3.8, 4) is 17.6 Å². The molecule has 0 fully saturated rings. The van der Waals surface area contributed by atoms with Crippen molar-refractivity contribution in [2.24, 2.45) is 0 Å². The number of hydrogen-bond donors (Lipinski definition) is 1. The minimum atomic E-state index is -1.00. The number of ether oxygens (including phenoxy) is 2. The third-order valence-electron chi connectivity index (χ3n) is 3.49. The van der Waals surface area contributed by atoms with Gasteiger partial charge < -0.3 is 14.6 Å². The van der Waals surface area contributed by atoms with Crippen LogP contribution in [0.25, 0.3) is 11.6 Å². The van der Waals surface area contributed by atoms with Crippen LogP contribution in [0, 0.1) is 11.3 Å². The van der Waals surface area contributed by atoms with Gasteiger partial charge in [0, 0.05) is 0 Å². The van der Waals surface area contributed by atoms with Crippen molar-refractivity contribution in [1.29, 1.82) is 5.26 Å². The van der Waals surface area contributed by atoms with Crippen LogP contribution < -0.4 is 9.47 Å². The Bertz CT molecular complexity index is 867. The number of allylic oxidation sites excluding steroid dienone is 1. The van der Waals surface area contributed by atoms with E-state index in [1.165, 1.54) is 12.1 Å². The molecule has 0 saturated carbocycles. The van der Waals surface area contributed by atoms with Gasteiger partial charge in [-0.1, -0.05) is 12.1 Å². The fourth-order valence-electron chi connectivity index (χ4n) is 2.36. The minimum Gasteiger partial charge on any atom is -0.490 e. The van der Waals surface area contributed by atoms with Crippen LogP contribution in [0.3, 0.4) is 0 Å². The van der Waals surface area contributed by atoms with Crippen LogP contribution in [0.2, 0.25) is 0 Å². The van der Waals surface area contributed by atoms with Crippen LogP contribution >= 0.6 is 15.9 Å². The minimum absolute atomic E-state index is 0.175. The number of aromatic carboxylic acids is 1. The standard InChI is InChI=1S/C20H18BrNO4/c1-3-25-18-11-13(10-17(21)19(18)26-4-2)9-16(12-22)14-5-7-15(8-6-14)20(23)24/h5-11H,3-4H2,1-2H3,(H,23,24)/b16-9-. The van der Waals surface area contributed by atoms with E-state index >= 15 is 0 Å². The van der Waals surface area contributed by atoms with Gasteiger partial charge in [-0.3, -0.25) is 0 Å². The monoisotopic (exact) mass is 415 g/mol. The molecule has 0 bridgehead atoms. The van der Waals surface area contributed by atoms with Gasteiger partial charge in [-0.05, 0) is 71.2 Å². The maximum Gasteiger partial charge on any atom is 0.335 e. The van der Waals surface area contributed by atoms with Crippen LogP contribution in [0.1, 0.15) is 35.3 Å². The molecule has 0 heterocycles. The lowest BCUT2D eigenvalue weighted by molar-refractivity contribution is 0.0697. The van der Waals surface area contributed by atoms with Crippen molar-refractivity contribution in [3.63, 3.8) is 0 Å². The highest BCUT2D eigenvalue weighted by molar-refractivity contribution is 9.10. The molecule has 0 spiro atoms. The van der Waals surface area contributed by atoms with E-state index in [0.717, 1.165) is 10.0 Å². The van der Waals surface area contributed by atoms with Gasteiger partial charge in [-0.15, -0.1) is 0 Å². The van der Waals surface area contributed by atoms with Crippen LogP contribution in [-0.2, 0) is 0 Å². The number of carbonyl (C=O) groups is 1. The molecule has 0 atom stereocenters. The van der Waals surface area contributed by atoms with Gasteiger partial charge in [0.15, 0.2) is 11.5 Å². The van der Waals surface area contributed by atoms with Crippen LogP contribution in [0.15, 0.2) is 40.9 Å². The Labute approximate surface area is 160 Å². The molecule has 5 nitrogen and oxygen atoms in total. The Morgan fingerprint density at radius 1 is 1.15 bits per heavy atom. The predicted octanol–water partition coefficient (Wildman–Crippen LogP) is 5.01. The number of carboxylic acids is 1. The first kappa shape index (κ1) is 19.5. The normalized spacial score (nSPS) is 10.9. The summed E-state index contributed by atoms with van der Waals surface area (Å²) in [5.41, 5.74) is 2.00. The van der Waals surface area contributed by atoms with Gasteiger partial charge >= 0.3 is 5.97 Å². The first-order valence-electron chi connectivity index (χ1n) is 8.04. The van der Waals surface area contributed by atoms with E-state index in [4.69, 9.17) is 14.6 Å². The molecule has 0 aliphatic carbocycles. The number of benzene rings is 2. The zero-order valence-corrected chi connectivity index (χ0v) is 16.0. The average Bonchev–Trinajstić information content (AvgIpc) is 2.63. The first-order valence-corrected chi connectivity index (χ1v) is 8.84. The van der Waals surface area contributed by atoms with Gasteiger partial charge in [0.2, 0.25) is 0 Å². The van der Waals surface area contributed by atoms with Crippen molar-refractivity contribution >= 4 is 33.5 Å². The highest BCUT2D eigenvalue weighted by Crippen LogP contribution is 2.37. The maximum absolute atomic E-state index is 11.0. The molecule has 0 radical (unpaired) electrons. The SMILES string of the molecule is CCOc1cc(/C=C(/C#N)c2ccc(C(=O)O)cc2)cc(Br)c1OCC. The summed E-state index contributed by atoms with van der Waals surface area (Å²) in [6, 6.07) is 12.0. The van der Waals surface area contributed by atoms with Crippen LogP contribution in [0.5, 0.6) is 11.5 Å². The van der Waals surface area contributed by atoms with Gasteiger partial charge in [-0.2, -0.15) is 5.26 Å². The van der Waals surface area contributed by atoms with E-state index in [2.05, 4.69) is 22.0 Å². The predicted molar refractivity (Wildman–Crippen MR) is 103 cm³/mol. The summed E-state index contributed by atoms with van der Waals surface area (Å²) < 4.78 is 12.0. The fraction of sp³-hybridized carbons (Fsp3) is 0.200. The molecule has 2 rings (SSSR count). The molecule has 6 heteroatoms. The molecule has 134 valence electrons. The summed E-state index contributed by atoms with van der Waals surface area (Å²) in [4.78, 5) is 11.0. The summed E-state index contributed by atoms with van der Waals surface area (Å²) in [7, 11) is 0. The van der Waals surface area contributed by atoms with Crippen LogP contribution in [0.4, 0.5) is 0 Å². The summed E-state index contributed by atoms with van der Waals surface area (Å²) in [5, 5.41) is 18.5. The molecule has 0 saturated heterocycles. The summed E-state index contributed by atoms with van der Waals surface area (Å²) in [5.74, 6) is 0.208. The molecule has 0 aliphatic rings. The number of halogens is 1. The third-order valence-corrected chi connectivity index (χ3v) is 4.08. The lowest BCUT2D eigenvalue weighted by Gasteiger charge is -2.13. The number of hydrogen-bond acceptors (Lipinski definition) is 4. The lowest BCUT2D eigenvalue weighted by atomic mass is 10.0. The molecule has 0 amide bonds. The van der Waals surface area contributed by atoms with E-state index in [1.54, 1.807) is 18.2 Å². The van der Waals surface area contributed by atoms with Gasteiger partial charge in [0.1, 0.15) is 0 Å². The van der Waals surface area contributed by atoms with Crippen molar-refractivity contribution < 1.29 is 19.4 Å². The Morgan fingerprint density at radius 2 is 1.77 bits per heavy atom. The topological polar surface area (TPSA) is 79.5 Å². The van der Waals surface area contributed by atoms with E-state index in [1.807, 2.05) is 26.0 Å². The lowest BCUT2D eigenvalue weighted by Crippen LogP contribution is -1.99. The largest absolute Gasteiger partial charge is 0.490 e. The molecular formula is C20H18BrNO4. The second-order valence-electron chi connectivity index (χ2n) is 5.25. The second kappa shape index (κ2) is 9.07. The number of nitriles is 1. The van der Waals surface area contributed by atoms with E-state index in [-0.39, 0.29) is 5.56 Å². The highest BCUT2D eigenvalue weighted by Gasteiger charge is 2.12. The average molecular weight is 416 g/mol. The molecule has 1 N–H and O–H groups in total.